The highest BCUT2D eigenvalue weighted by molar-refractivity contribution is 7.91. The summed E-state index contributed by atoms with van der Waals surface area (Å²) in [4.78, 5) is 0. The number of hydrogen-bond acceptors (Lipinski definition) is 5. The van der Waals surface area contributed by atoms with Crippen LogP contribution in [0.1, 0.15) is 6.92 Å². The van der Waals surface area contributed by atoms with Gasteiger partial charge in [0.1, 0.15) is 17.5 Å². The summed E-state index contributed by atoms with van der Waals surface area (Å²) in [6, 6.07) is 6.45. The molecule has 1 aromatic heterocycles. The molecule has 2 rings (SSSR count). The van der Waals surface area contributed by atoms with Crippen LogP contribution in [0.2, 0.25) is 0 Å². The molecule has 5 nitrogen and oxygen atoms in total. The van der Waals surface area contributed by atoms with Crippen LogP contribution >= 0.6 is 0 Å². The van der Waals surface area contributed by atoms with Crippen LogP contribution in [0.3, 0.4) is 0 Å². The summed E-state index contributed by atoms with van der Waals surface area (Å²) in [5, 5.41) is 9.80. The maximum absolute atomic E-state index is 13.6. The Labute approximate surface area is 127 Å². The summed E-state index contributed by atoms with van der Waals surface area (Å²) in [6.45, 7) is 1.74. The fourth-order valence-electron chi connectivity index (χ4n) is 1.70. The molecule has 1 N–H and O–H groups in total. The van der Waals surface area contributed by atoms with Crippen molar-refractivity contribution < 1.29 is 17.2 Å². The highest BCUT2D eigenvalue weighted by Crippen LogP contribution is 2.24. The van der Waals surface area contributed by atoms with Crippen molar-refractivity contribution in [1.29, 1.82) is 0 Å². The van der Waals surface area contributed by atoms with Crippen LogP contribution in [0.15, 0.2) is 30.3 Å². The van der Waals surface area contributed by atoms with E-state index in [4.69, 9.17) is 0 Å². The Kier molecular flexibility index (Phi) is 4.70. The van der Waals surface area contributed by atoms with E-state index in [1.165, 1.54) is 18.2 Å². The zero-order chi connectivity index (χ0) is 16.3. The SMILES string of the molecule is CC(CNc1ccc(-c2c(F)cccc2F)nn1)S(C)(=O)=O. The number of aromatic nitrogens is 2. The van der Waals surface area contributed by atoms with Crippen LogP contribution in [0.25, 0.3) is 11.3 Å². The second-order valence-electron chi connectivity index (χ2n) is 4.92. The quantitative estimate of drug-likeness (QED) is 0.912. The van der Waals surface area contributed by atoms with Crippen molar-refractivity contribution in [2.75, 3.05) is 18.1 Å². The molecule has 1 aromatic carbocycles. The fraction of sp³-hybridized carbons (Fsp3) is 0.286. The van der Waals surface area contributed by atoms with E-state index in [2.05, 4.69) is 15.5 Å². The van der Waals surface area contributed by atoms with Gasteiger partial charge in [-0.1, -0.05) is 6.07 Å². The van der Waals surface area contributed by atoms with Gasteiger partial charge in [0.05, 0.1) is 16.5 Å². The molecule has 0 aliphatic rings. The normalized spacial score (nSPS) is 12.9. The van der Waals surface area contributed by atoms with Crippen LogP contribution in [0.4, 0.5) is 14.6 Å². The number of anilines is 1. The van der Waals surface area contributed by atoms with Crippen LogP contribution < -0.4 is 5.32 Å². The summed E-state index contributed by atoms with van der Waals surface area (Å²) >= 11 is 0. The Bertz CT molecular complexity index is 744. The maximum atomic E-state index is 13.6. The highest BCUT2D eigenvalue weighted by atomic mass is 32.2. The molecule has 0 saturated heterocycles. The van der Waals surface area contributed by atoms with Gasteiger partial charge >= 0.3 is 0 Å². The molecule has 0 fully saturated rings. The van der Waals surface area contributed by atoms with Crippen LogP contribution in [-0.4, -0.2) is 36.7 Å². The number of nitrogens with one attached hydrogen (secondary N) is 1. The molecule has 0 aliphatic carbocycles. The molecule has 0 saturated carbocycles. The number of hydrogen-bond donors (Lipinski definition) is 1. The van der Waals surface area contributed by atoms with E-state index in [0.717, 1.165) is 18.4 Å². The van der Waals surface area contributed by atoms with E-state index >= 15 is 0 Å². The number of benzene rings is 1. The molecule has 22 heavy (non-hydrogen) atoms. The Morgan fingerprint density at radius 1 is 1.14 bits per heavy atom. The minimum Gasteiger partial charge on any atom is -0.367 e. The standard InChI is InChI=1S/C14H15F2N3O2S/c1-9(22(2,20)21)8-17-13-7-6-12(18-19-13)14-10(15)4-3-5-11(14)16/h3-7,9H,8H2,1-2H3,(H,17,19). The van der Waals surface area contributed by atoms with E-state index in [1.54, 1.807) is 6.92 Å². The molecular formula is C14H15F2N3O2S. The summed E-state index contributed by atoms with van der Waals surface area (Å²) in [6.07, 6.45) is 1.15. The van der Waals surface area contributed by atoms with Gasteiger partial charge in [-0.3, -0.25) is 0 Å². The molecule has 0 aliphatic heterocycles. The lowest BCUT2D eigenvalue weighted by molar-refractivity contribution is 0.587. The van der Waals surface area contributed by atoms with Gasteiger partial charge in [-0.05, 0) is 31.2 Å². The van der Waals surface area contributed by atoms with Crippen molar-refractivity contribution in [2.24, 2.45) is 0 Å². The minimum atomic E-state index is -3.15. The summed E-state index contributed by atoms with van der Waals surface area (Å²) in [7, 11) is -3.15. The first-order valence-corrected chi connectivity index (χ1v) is 8.45. The molecule has 0 amide bonds. The zero-order valence-electron chi connectivity index (χ0n) is 12.0. The third kappa shape index (κ3) is 3.76. The topological polar surface area (TPSA) is 72.0 Å². The van der Waals surface area contributed by atoms with Gasteiger partial charge in [-0.25, -0.2) is 17.2 Å². The van der Waals surface area contributed by atoms with Crippen molar-refractivity contribution >= 4 is 15.7 Å². The lowest BCUT2D eigenvalue weighted by Crippen LogP contribution is -2.25. The van der Waals surface area contributed by atoms with E-state index in [9.17, 15) is 17.2 Å². The van der Waals surface area contributed by atoms with E-state index < -0.39 is 26.7 Å². The third-order valence-electron chi connectivity index (χ3n) is 3.18. The van der Waals surface area contributed by atoms with Gasteiger partial charge in [0.25, 0.3) is 0 Å². The van der Waals surface area contributed by atoms with Crippen molar-refractivity contribution in [1.82, 2.24) is 10.2 Å². The molecule has 2 aromatic rings. The van der Waals surface area contributed by atoms with Crippen molar-refractivity contribution in [3.63, 3.8) is 0 Å². The summed E-state index contributed by atoms with van der Waals surface area (Å²) < 4.78 is 49.9. The average Bonchev–Trinajstić information content (AvgIpc) is 2.45. The number of sulfone groups is 1. The lowest BCUT2D eigenvalue weighted by Gasteiger charge is -2.11. The minimum absolute atomic E-state index is 0.0670. The molecule has 1 atom stereocenters. The van der Waals surface area contributed by atoms with Gasteiger partial charge in [0, 0.05) is 12.8 Å². The molecular weight excluding hydrogens is 312 g/mol. The Morgan fingerprint density at radius 2 is 1.77 bits per heavy atom. The first kappa shape index (κ1) is 16.3. The average molecular weight is 327 g/mol. The number of rotatable bonds is 5. The summed E-state index contributed by atoms with van der Waals surface area (Å²) in [5.74, 6) is -1.11. The smallest absolute Gasteiger partial charge is 0.151 e. The number of nitrogens with zero attached hydrogens (tertiary/aromatic N) is 2. The fourth-order valence-corrected chi connectivity index (χ4v) is 2.09. The summed E-state index contributed by atoms with van der Waals surface area (Å²) in [5.41, 5.74) is -0.177. The van der Waals surface area contributed by atoms with Crippen LogP contribution in [-0.2, 0) is 9.84 Å². The molecule has 1 heterocycles. The first-order chi connectivity index (χ1) is 10.3. The number of halogens is 2. The Morgan fingerprint density at radius 3 is 2.27 bits per heavy atom. The van der Waals surface area contributed by atoms with Crippen molar-refractivity contribution in [2.45, 2.75) is 12.2 Å². The molecule has 8 heteroatoms. The van der Waals surface area contributed by atoms with E-state index in [0.29, 0.717) is 5.82 Å². The van der Waals surface area contributed by atoms with E-state index in [1.807, 2.05) is 0 Å². The molecule has 0 spiro atoms. The van der Waals surface area contributed by atoms with Gasteiger partial charge in [-0.2, -0.15) is 0 Å². The second-order valence-corrected chi connectivity index (χ2v) is 7.39. The highest BCUT2D eigenvalue weighted by Gasteiger charge is 2.15. The largest absolute Gasteiger partial charge is 0.367 e. The van der Waals surface area contributed by atoms with Gasteiger partial charge in [-0.15, -0.1) is 10.2 Å². The monoisotopic (exact) mass is 327 g/mol. The Hall–Kier alpha value is -2.09. The maximum Gasteiger partial charge on any atom is 0.151 e. The molecule has 0 bridgehead atoms. The molecule has 1 unspecified atom stereocenters. The van der Waals surface area contributed by atoms with Gasteiger partial charge < -0.3 is 5.32 Å². The predicted molar refractivity (Wildman–Crippen MR) is 80.2 cm³/mol. The Balaban J connectivity index is 2.14. The van der Waals surface area contributed by atoms with Crippen molar-refractivity contribution in [3.8, 4) is 11.3 Å². The second kappa shape index (κ2) is 6.35. The van der Waals surface area contributed by atoms with Crippen LogP contribution in [0, 0.1) is 11.6 Å². The zero-order valence-corrected chi connectivity index (χ0v) is 12.9. The van der Waals surface area contributed by atoms with Crippen LogP contribution in [0.5, 0.6) is 0 Å². The lowest BCUT2D eigenvalue weighted by atomic mass is 10.1. The van der Waals surface area contributed by atoms with Crippen molar-refractivity contribution in [3.05, 3.63) is 42.0 Å². The van der Waals surface area contributed by atoms with E-state index in [-0.39, 0.29) is 17.8 Å². The molecule has 118 valence electrons. The van der Waals surface area contributed by atoms with Gasteiger partial charge in [0.2, 0.25) is 0 Å². The first-order valence-electron chi connectivity index (χ1n) is 6.50. The molecule has 0 radical (unpaired) electrons. The third-order valence-corrected chi connectivity index (χ3v) is 4.81. The predicted octanol–water partition coefficient (Wildman–Crippen LogP) is 2.27. The van der Waals surface area contributed by atoms with Gasteiger partial charge in [0.15, 0.2) is 9.84 Å².